The predicted octanol–water partition coefficient (Wildman–Crippen LogP) is 2.42. The summed E-state index contributed by atoms with van der Waals surface area (Å²) in [6.45, 7) is 8.13. The molecule has 1 atom stereocenters. The fourth-order valence-corrected chi connectivity index (χ4v) is 2.77. The van der Waals surface area contributed by atoms with Crippen molar-refractivity contribution < 1.29 is 0 Å². The Hall–Kier alpha value is -2.01. The summed E-state index contributed by atoms with van der Waals surface area (Å²) in [5, 5.41) is 3.44. The van der Waals surface area contributed by atoms with Crippen LogP contribution in [0.15, 0.2) is 30.7 Å². The van der Waals surface area contributed by atoms with Gasteiger partial charge in [-0.05, 0) is 44.4 Å². The SMILES string of the molecule is Cc1ccc(NC[C@@H]2CCN(Cc3cnc(C)cn3)C2)nc1. The van der Waals surface area contributed by atoms with E-state index in [4.69, 9.17) is 0 Å². The van der Waals surface area contributed by atoms with Crippen LogP contribution in [0.4, 0.5) is 5.82 Å². The quantitative estimate of drug-likeness (QED) is 0.918. The minimum Gasteiger partial charge on any atom is -0.370 e. The van der Waals surface area contributed by atoms with Crippen molar-refractivity contribution in [1.82, 2.24) is 19.9 Å². The van der Waals surface area contributed by atoms with E-state index in [0.29, 0.717) is 5.92 Å². The van der Waals surface area contributed by atoms with Crippen LogP contribution in [0.1, 0.15) is 23.4 Å². The molecule has 116 valence electrons. The van der Waals surface area contributed by atoms with Gasteiger partial charge in [-0.2, -0.15) is 0 Å². The van der Waals surface area contributed by atoms with Crippen molar-refractivity contribution in [3.05, 3.63) is 47.7 Å². The van der Waals surface area contributed by atoms with Gasteiger partial charge in [0.1, 0.15) is 5.82 Å². The first-order chi connectivity index (χ1) is 10.7. The molecule has 0 aliphatic carbocycles. The summed E-state index contributed by atoms with van der Waals surface area (Å²) in [4.78, 5) is 15.6. The maximum Gasteiger partial charge on any atom is 0.125 e. The molecule has 0 spiro atoms. The number of aromatic nitrogens is 3. The molecule has 2 aromatic rings. The fourth-order valence-electron chi connectivity index (χ4n) is 2.77. The van der Waals surface area contributed by atoms with Crippen LogP contribution < -0.4 is 5.32 Å². The number of rotatable bonds is 5. The number of hydrogen-bond donors (Lipinski definition) is 1. The summed E-state index contributed by atoms with van der Waals surface area (Å²) >= 11 is 0. The van der Waals surface area contributed by atoms with E-state index in [2.05, 4.69) is 38.2 Å². The first-order valence-electron chi connectivity index (χ1n) is 7.85. The molecule has 0 bridgehead atoms. The van der Waals surface area contributed by atoms with Gasteiger partial charge in [0, 0.05) is 38.2 Å². The first-order valence-corrected chi connectivity index (χ1v) is 7.85. The normalized spacial score (nSPS) is 18.5. The summed E-state index contributed by atoms with van der Waals surface area (Å²) in [6, 6.07) is 4.14. The van der Waals surface area contributed by atoms with E-state index < -0.39 is 0 Å². The van der Waals surface area contributed by atoms with Crippen LogP contribution in [-0.4, -0.2) is 39.5 Å². The van der Waals surface area contributed by atoms with E-state index in [-0.39, 0.29) is 0 Å². The number of hydrogen-bond acceptors (Lipinski definition) is 5. The highest BCUT2D eigenvalue weighted by Gasteiger charge is 2.22. The molecular formula is C17H23N5. The molecule has 1 fully saturated rings. The van der Waals surface area contributed by atoms with Crippen molar-refractivity contribution >= 4 is 5.82 Å². The van der Waals surface area contributed by atoms with Crippen molar-refractivity contribution in [3.63, 3.8) is 0 Å². The third-order valence-corrected chi connectivity index (χ3v) is 4.07. The molecule has 5 heteroatoms. The minimum absolute atomic E-state index is 0.668. The lowest BCUT2D eigenvalue weighted by Crippen LogP contribution is -2.23. The van der Waals surface area contributed by atoms with Crippen LogP contribution >= 0.6 is 0 Å². The van der Waals surface area contributed by atoms with E-state index >= 15 is 0 Å². The number of likely N-dealkylation sites (tertiary alicyclic amines) is 1. The number of anilines is 1. The highest BCUT2D eigenvalue weighted by atomic mass is 15.2. The van der Waals surface area contributed by atoms with Gasteiger partial charge in [-0.1, -0.05) is 6.07 Å². The van der Waals surface area contributed by atoms with Crippen molar-refractivity contribution in [2.45, 2.75) is 26.8 Å². The molecule has 1 saturated heterocycles. The van der Waals surface area contributed by atoms with E-state index in [1.807, 2.05) is 31.6 Å². The van der Waals surface area contributed by atoms with Gasteiger partial charge >= 0.3 is 0 Å². The summed E-state index contributed by atoms with van der Waals surface area (Å²) in [5.74, 6) is 1.63. The molecule has 1 N–H and O–H groups in total. The van der Waals surface area contributed by atoms with E-state index in [9.17, 15) is 0 Å². The average Bonchev–Trinajstić information content (AvgIpc) is 2.97. The number of pyridine rings is 1. The summed E-state index contributed by atoms with van der Waals surface area (Å²) < 4.78 is 0. The van der Waals surface area contributed by atoms with Crippen LogP contribution in [0.25, 0.3) is 0 Å². The Kier molecular flexibility index (Phi) is 4.63. The molecular weight excluding hydrogens is 274 g/mol. The number of nitrogens with one attached hydrogen (secondary N) is 1. The third-order valence-electron chi connectivity index (χ3n) is 4.07. The molecule has 0 saturated carbocycles. The molecule has 0 aromatic carbocycles. The summed E-state index contributed by atoms with van der Waals surface area (Å²) in [7, 11) is 0. The molecule has 2 aromatic heterocycles. The smallest absolute Gasteiger partial charge is 0.125 e. The topological polar surface area (TPSA) is 53.9 Å². The fraction of sp³-hybridized carbons (Fsp3) is 0.471. The number of aryl methyl sites for hydroxylation is 2. The standard InChI is InChI=1S/C17H23N5/c1-13-3-4-17(20-7-13)21-9-15-5-6-22(11-15)12-16-10-18-14(2)8-19-16/h3-4,7-8,10,15H,5-6,9,11-12H2,1-2H3,(H,20,21)/t15-/m0/s1. The molecule has 5 nitrogen and oxygen atoms in total. The largest absolute Gasteiger partial charge is 0.370 e. The Bertz CT molecular complexity index is 593. The highest BCUT2D eigenvalue weighted by molar-refractivity contribution is 5.35. The lowest BCUT2D eigenvalue weighted by molar-refractivity contribution is 0.314. The maximum atomic E-state index is 4.44. The summed E-state index contributed by atoms with van der Waals surface area (Å²) in [5.41, 5.74) is 3.22. The third kappa shape index (κ3) is 4.01. The highest BCUT2D eigenvalue weighted by Crippen LogP contribution is 2.18. The lowest BCUT2D eigenvalue weighted by atomic mass is 10.1. The second-order valence-electron chi connectivity index (χ2n) is 6.14. The predicted molar refractivity (Wildman–Crippen MR) is 87.6 cm³/mol. The van der Waals surface area contributed by atoms with Crippen molar-refractivity contribution in [1.29, 1.82) is 0 Å². The molecule has 1 aliphatic heterocycles. The zero-order valence-corrected chi connectivity index (χ0v) is 13.3. The Morgan fingerprint density at radius 2 is 2.05 bits per heavy atom. The molecule has 0 unspecified atom stereocenters. The zero-order chi connectivity index (χ0) is 15.4. The Balaban J connectivity index is 1.45. The lowest BCUT2D eigenvalue weighted by Gasteiger charge is -2.16. The Morgan fingerprint density at radius 3 is 2.77 bits per heavy atom. The van der Waals surface area contributed by atoms with Gasteiger partial charge in [0.15, 0.2) is 0 Å². The van der Waals surface area contributed by atoms with Gasteiger partial charge in [0.2, 0.25) is 0 Å². The molecule has 3 heterocycles. The second kappa shape index (κ2) is 6.83. The molecule has 1 aliphatic rings. The van der Waals surface area contributed by atoms with Crippen LogP contribution in [-0.2, 0) is 6.54 Å². The second-order valence-corrected chi connectivity index (χ2v) is 6.14. The molecule has 3 rings (SSSR count). The first kappa shape index (κ1) is 14.9. The van der Waals surface area contributed by atoms with Gasteiger partial charge in [-0.3, -0.25) is 14.9 Å². The van der Waals surface area contributed by atoms with Gasteiger partial charge in [0.25, 0.3) is 0 Å². The van der Waals surface area contributed by atoms with E-state index in [0.717, 1.165) is 43.4 Å². The Labute approximate surface area is 131 Å². The van der Waals surface area contributed by atoms with Crippen molar-refractivity contribution in [3.8, 4) is 0 Å². The van der Waals surface area contributed by atoms with Crippen molar-refractivity contribution in [2.75, 3.05) is 25.0 Å². The zero-order valence-electron chi connectivity index (χ0n) is 13.3. The molecule has 22 heavy (non-hydrogen) atoms. The molecule has 0 radical (unpaired) electrons. The van der Waals surface area contributed by atoms with Gasteiger partial charge in [-0.15, -0.1) is 0 Å². The van der Waals surface area contributed by atoms with E-state index in [1.54, 1.807) is 0 Å². The van der Waals surface area contributed by atoms with Crippen molar-refractivity contribution in [2.24, 2.45) is 5.92 Å². The maximum absolute atomic E-state index is 4.44. The average molecular weight is 297 g/mol. The van der Waals surface area contributed by atoms with Gasteiger partial charge in [0.05, 0.1) is 11.4 Å². The van der Waals surface area contributed by atoms with Gasteiger partial charge in [-0.25, -0.2) is 4.98 Å². The number of nitrogens with zero attached hydrogens (tertiary/aromatic N) is 4. The summed E-state index contributed by atoms with van der Waals surface area (Å²) in [6.07, 6.45) is 6.85. The monoisotopic (exact) mass is 297 g/mol. The minimum atomic E-state index is 0.668. The van der Waals surface area contributed by atoms with Gasteiger partial charge < -0.3 is 5.32 Å². The Morgan fingerprint density at radius 1 is 1.14 bits per heavy atom. The molecule has 0 amide bonds. The van der Waals surface area contributed by atoms with Crippen LogP contribution in [0, 0.1) is 19.8 Å². The van der Waals surface area contributed by atoms with Crippen LogP contribution in [0.5, 0.6) is 0 Å². The van der Waals surface area contributed by atoms with Crippen LogP contribution in [0.2, 0.25) is 0 Å². The van der Waals surface area contributed by atoms with Crippen LogP contribution in [0.3, 0.4) is 0 Å². The van der Waals surface area contributed by atoms with E-state index in [1.165, 1.54) is 12.0 Å².